The lowest BCUT2D eigenvalue weighted by Gasteiger charge is -2.26. The van der Waals surface area contributed by atoms with Gasteiger partial charge in [0.25, 0.3) is 0 Å². The number of rotatable bonds is 4. The third-order valence-corrected chi connectivity index (χ3v) is 5.05. The Morgan fingerprint density at radius 1 is 0.960 bits per heavy atom. The van der Waals surface area contributed by atoms with Crippen LogP contribution in [0.25, 0.3) is 6.08 Å². The molecule has 3 heterocycles. The molecule has 0 unspecified atom stereocenters. The largest absolute Gasteiger partial charge is 0.472 e. The monoisotopic (exact) mass is 334 g/mol. The summed E-state index contributed by atoms with van der Waals surface area (Å²) in [6.45, 7) is 4.95. The minimum Gasteiger partial charge on any atom is -0.472 e. The van der Waals surface area contributed by atoms with E-state index in [0.29, 0.717) is 6.61 Å². The Bertz CT molecular complexity index is 827. The lowest BCUT2D eigenvalue weighted by atomic mass is 9.75. The van der Waals surface area contributed by atoms with Crippen LogP contribution in [0.3, 0.4) is 0 Å². The molecule has 0 saturated carbocycles. The summed E-state index contributed by atoms with van der Waals surface area (Å²) in [5, 5.41) is 0. The highest BCUT2D eigenvalue weighted by molar-refractivity contribution is 5.56. The summed E-state index contributed by atoms with van der Waals surface area (Å²) in [6.07, 6.45) is 9.27. The van der Waals surface area contributed by atoms with E-state index >= 15 is 0 Å². The van der Waals surface area contributed by atoms with Crippen molar-refractivity contribution in [3.05, 3.63) is 89.8 Å². The minimum absolute atomic E-state index is 0.194. The van der Waals surface area contributed by atoms with Gasteiger partial charge in [0.1, 0.15) is 0 Å². The summed E-state index contributed by atoms with van der Waals surface area (Å²) in [7, 11) is 0. The molecule has 1 saturated heterocycles. The highest BCUT2D eigenvalue weighted by Crippen LogP contribution is 2.46. The van der Waals surface area contributed by atoms with Crippen molar-refractivity contribution in [2.75, 3.05) is 6.61 Å². The molecule has 1 fully saturated rings. The summed E-state index contributed by atoms with van der Waals surface area (Å²) in [5.74, 6) is 0.435. The Balaban J connectivity index is 1.81. The van der Waals surface area contributed by atoms with Crippen LogP contribution in [-0.2, 0) is 4.74 Å². The first-order valence-corrected chi connectivity index (χ1v) is 8.60. The van der Waals surface area contributed by atoms with Gasteiger partial charge in [-0.15, -0.1) is 0 Å². The van der Waals surface area contributed by atoms with E-state index in [0.717, 1.165) is 5.56 Å². The Morgan fingerprint density at radius 2 is 1.72 bits per heavy atom. The SMILES string of the molecule is CC1(C)OC[C@H]([C@@H](c2ccccc2)c2ccoc2)/C1=C\c1ccoc1. The summed E-state index contributed by atoms with van der Waals surface area (Å²) in [4.78, 5) is 0. The van der Waals surface area contributed by atoms with E-state index in [4.69, 9.17) is 13.6 Å². The maximum Gasteiger partial charge on any atom is 0.0974 e. The molecule has 0 aliphatic carbocycles. The van der Waals surface area contributed by atoms with Crippen LogP contribution in [0, 0.1) is 5.92 Å². The van der Waals surface area contributed by atoms with Crippen molar-refractivity contribution < 1.29 is 13.6 Å². The Kier molecular flexibility index (Phi) is 4.10. The van der Waals surface area contributed by atoms with Crippen molar-refractivity contribution in [3.8, 4) is 0 Å². The predicted molar refractivity (Wildman–Crippen MR) is 97.2 cm³/mol. The average Bonchev–Trinajstić information content (AvgIpc) is 3.35. The zero-order valence-corrected chi connectivity index (χ0v) is 14.5. The lowest BCUT2D eigenvalue weighted by molar-refractivity contribution is 0.0498. The summed E-state index contributed by atoms with van der Waals surface area (Å²) in [5.41, 5.74) is 4.49. The first kappa shape index (κ1) is 16.0. The summed E-state index contributed by atoms with van der Waals surface area (Å²) < 4.78 is 16.8. The molecular weight excluding hydrogens is 312 g/mol. The normalized spacial score (nSPS) is 22.3. The topological polar surface area (TPSA) is 35.5 Å². The molecule has 0 radical (unpaired) electrons. The van der Waals surface area contributed by atoms with E-state index in [9.17, 15) is 0 Å². The fourth-order valence-electron chi connectivity index (χ4n) is 3.78. The molecule has 25 heavy (non-hydrogen) atoms. The quantitative estimate of drug-likeness (QED) is 0.631. The first-order chi connectivity index (χ1) is 12.1. The molecular formula is C22H22O3. The second-order valence-corrected chi connectivity index (χ2v) is 7.03. The van der Waals surface area contributed by atoms with Crippen LogP contribution in [0.1, 0.15) is 36.5 Å². The van der Waals surface area contributed by atoms with E-state index in [2.05, 4.69) is 50.3 Å². The van der Waals surface area contributed by atoms with Gasteiger partial charge >= 0.3 is 0 Å². The molecule has 3 aromatic rings. The third-order valence-electron chi connectivity index (χ3n) is 5.05. The highest BCUT2D eigenvalue weighted by atomic mass is 16.5. The van der Waals surface area contributed by atoms with Crippen LogP contribution in [0.2, 0.25) is 0 Å². The number of hydrogen-bond acceptors (Lipinski definition) is 3. The number of furan rings is 2. The zero-order valence-electron chi connectivity index (χ0n) is 14.5. The van der Waals surface area contributed by atoms with Gasteiger partial charge in [0.15, 0.2) is 0 Å². The first-order valence-electron chi connectivity index (χ1n) is 8.60. The Labute approximate surface area is 147 Å². The van der Waals surface area contributed by atoms with Crippen molar-refractivity contribution in [3.63, 3.8) is 0 Å². The van der Waals surface area contributed by atoms with E-state index in [1.54, 1.807) is 18.8 Å². The molecule has 4 rings (SSSR count). The van der Waals surface area contributed by atoms with Crippen LogP contribution < -0.4 is 0 Å². The average molecular weight is 334 g/mol. The maximum atomic E-state index is 6.19. The van der Waals surface area contributed by atoms with Crippen LogP contribution >= 0.6 is 0 Å². The summed E-state index contributed by atoms with van der Waals surface area (Å²) >= 11 is 0. The van der Waals surface area contributed by atoms with Crippen molar-refractivity contribution in [1.82, 2.24) is 0 Å². The summed E-state index contributed by atoms with van der Waals surface area (Å²) in [6, 6.07) is 14.6. The molecule has 3 heteroatoms. The van der Waals surface area contributed by atoms with E-state index < -0.39 is 0 Å². The van der Waals surface area contributed by atoms with E-state index in [-0.39, 0.29) is 17.4 Å². The smallest absolute Gasteiger partial charge is 0.0974 e. The van der Waals surface area contributed by atoms with Gasteiger partial charge in [0.05, 0.1) is 37.3 Å². The van der Waals surface area contributed by atoms with Crippen LogP contribution in [0.5, 0.6) is 0 Å². The Hall–Kier alpha value is -2.52. The fourth-order valence-corrected chi connectivity index (χ4v) is 3.78. The molecule has 0 spiro atoms. The lowest BCUT2D eigenvalue weighted by Crippen LogP contribution is -2.23. The number of benzene rings is 1. The van der Waals surface area contributed by atoms with Gasteiger partial charge in [-0.05, 0) is 48.8 Å². The molecule has 1 aliphatic heterocycles. The minimum atomic E-state index is -0.307. The van der Waals surface area contributed by atoms with E-state index in [1.165, 1.54) is 16.7 Å². The standard InChI is InChI=1S/C22H22O3/c1-22(2)20(12-16-8-10-23-13-16)19(15-25-22)21(18-9-11-24-14-18)17-6-4-3-5-7-17/h3-14,19,21H,15H2,1-2H3/b20-12+/t19-,21-/m0/s1. The second kappa shape index (κ2) is 6.41. The molecule has 2 atom stereocenters. The molecule has 0 N–H and O–H groups in total. The molecule has 128 valence electrons. The maximum absolute atomic E-state index is 6.19. The van der Waals surface area contributed by atoms with Crippen molar-refractivity contribution >= 4 is 6.08 Å². The van der Waals surface area contributed by atoms with Gasteiger partial charge in [-0.25, -0.2) is 0 Å². The number of hydrogen-bond donors (Lipinski definition) is 0. The fraction of sp³-hybridized carbons (Fsp3) is 0.273. The predicted octanol–water partition coefficient (Wildman–Crippen LogP) is 5.51. The van der Waals surface area contributed by atoms with Gasteiger partial charge in [-0.2, -0.15) is 0 Å². The van der Waals surface area contributed by atoms with E-state index in [1.807, 2.05) is 18.4 Å². The Morgan fingerprint density at radius 3 is 2.40 bits per heavy atom. The number of ether oxygens (including phenoxy) is 1. The van der Waals surface area contributed by atoms with Gasteiger partial charge in [0.2, 0.25) is 0 Å². The van der Waals surface area contributed by atoms with Crippen LogP contribution in [0.15, 0.2) is 81.9 Å². The second-order valence-electron chi connectivity index (χ2n) is 7.03. The van der Waals surface area contributed by atoms with Gasteiger partial charge in [-0.1, -0.05) is 30.3 Å². The molecule has 1 aliphatic rings. The van der Waals surface area contributed by atoms with Gasteiger partial charge < -0.3 is 13.6 Å². The third kappa shape index (κ3) is 3.08. The van der Waals surface area contributed by atoms with Crippen molar-refractivity contribution in [1.29, 1.82) is 0 Å². The molecule has 1 aromatic carbocycles. The molecule has 0 bridgehead atoms. The molecule has 2 aromatic heterocycles. The van der Waals surface area contributed by atoms with Crippen LogP contribution in [0.4, 0.5) is 0 Å². The van der Waals surface area contributed by atoms with Crippen molar-refractivity contribution in [2.24, 2.45) is 5.92 Å². The van der Waals surface area contributed by atoms with Crippen LogP contribution in [-0.4, -0.2) is 12.2 Å². The van der Waals surface area contributed by atoms with Gasteiger partial charge in [0, 0.05) is 17.4 Å². The zero-order chi connectivity index (χ0) is 17.3. The molecule has 3 nitrogen and oxygen atoms in total. The van der Waals surface area contributed by atoms with Crippen molar-refractivity contribution in [2.45, 2.75) is 25.4 Å². The van der Waals surface area contributed by atoms with Gasteiger partial charge in [-0.3, -0.25) is 0 Å². The molecule has 0 amide bonds. The highest BCUT2D eigenvalue weighted by Gasteiger charge is 2.42.